The number of phenolic OH excluding ortho intramolecular Hbond substituents is 2. The molecule has 1 aliphatic rings. The van der Waals surface area contributed by atoms with Gasteiger partial charge in [-0.15, -0.1) is 0 Å². The van der Waals surface area contributed by atoms with E-state index < -0.39 is 34.1 Å². The van der Waals surface area contributed by atoms with Gasteiger partial charge in [0.25, 0.3) is 0 Å². The minimum absolute atomic E-state index is 0.113. The summed E-state index contributed by atoms with van der Waals surface area (Å²) in [5.74, 6) is -2.28. The van der Waals surface area contributed by atoms with Crippen LogP contribution in [-0.2, 0) is 10.4 Å². The summed E-state index contributed by atoms with van der Waals surface area (Å²) < 4.78 is 45.4. The van der Waals surface area contributed by atoms with Gasteiger partial charge < -0.3 is 29.0 Å². The number of phenols is 2. The van der Waals surface area contributed by atoms with Crippen LogP contribution in [0.15, 0.2) is 30.3 Å². The zero-order chi connectivity index (χ0) is 19.9. The molecule has 2 unspecified atom stereocenters. The third kappa shape index (κ3) is 3.60. The van der Waals surface area contributed by atoms with Crippen LogP contribution in [0.4, 0.5) is 0 Å². The molecule has 0 radical (unpaired) electrons. The van der Waals surface area contributed by atoms with Crippen molar-refractivity contribution in [3.05, 3.63) is 41.5 Å². The van der Waals surface area contributed by atoms with Crippen LogP contribution in [-0.4, -0.2) is 47.3 Å². The smallest absolute Gasteiger partial charge is 0.446 e. The van der Waals surface area contributed by atoms with Gasteiger partial charge >= 0.3 is 10.4 Å². The molecular formula is C16H14O10S. The first kappa shape index (κ1) is 18.8. The Kier molecular flexibility index (Phi) is 4.59. The Hall–Kier alpha value is -3.02. The molecule has 0 saturated heterocycles. The van der Waals surface area contributed by atoms with Gasteiger partial charge in [0.2, 0.25) is 5.78 Å². The van der Waals surface area contributed by atoms with Gasteiger partial charge in [-0.2, -0.15) is 8.42 Å². The third-order valence-corrected chi connectivity index (χ3v) is 4.22. The molecular weight excluding hydrogens is 384 g/mol. The predicted molar refractivity (Wildman–Crippen MR) is 88.6 cm³/mol. The van der Waals surface area contributed by atoms with E-state index in [4.69, 9.17) is 14.0 Å². The highest BCUT2D eigenvalue weighted by atomic mass is 32.3. The molecule has 2 aromatic rings. The number of aliphatic hydroxyl groups excluding tert-OH is 1. The molecule has 0 amide bonds. The Balaban J connectivity index is 2.02. The number of carbonyl (C=O) groups is 1. The lowest BCUT2D eigenvalue weighted by Crippen LogP contribution is -2.36. The Morgan fingerprint density at radius 3 is 2.44 bits per heavy atom. The van der Waals surface area contributed by atoms with E-state index >= 15 is 0 Å². The molecule has 0 saturated carbocycles. The van der Waals surface area contributed by atoms with Crippen LogP contribution in [0, 0.1) is 0 Å². The molecule has 4 N–H and O–H groups in total. The summed E-state index contributed by atoms with van der Waals surface area (Å²) in [6.45, 7) is 0. The van der Waals surface area contributed by atoms with E-state index in [1.54, 1.807) is 0 Å². The molecule has 0 bridgehead atoms. The Labute approximate surface area is 153 Å². The summed E-state index contributed by atoms with van der Waals surface area (Å²) in [5, 5.41) is 29.7. The number of carbonyl (C=O) groups excluding carboxylic acids is 1. The number of benzene rings is 2. The van der Waals surface area contributed by atoms with E-state index in [0.717, 1.165) is 18.2 Å². The zero-order valence-electron chi connectivity index (χ0n) is 13.7. The van der Waals surface area contributed by atoms with Crippen LogP contribution in [0.2, 0.25) is 0 Å². The number of fused-ring (bicyclic) bond motifs is 1. The molecule has 2 atom stereocenters. The van der Waals surface area contributed by atoms with Crippen LogP contribution in [0.1, 0.15) is 22.0 Å². The monoisotopic (exact) mass is 398 g/mol. The van der Waals surface area contributed by atoms with E-state index in [1.165, 1.54) is 19.2 Å². The van der Waals surface area contributed by atoms with Crippen molar-refractivity contribution >= 4 is 16.2 Å². The maximum Gasteiger partial charge on any atom is 0.446 e. The molecule has 10 nitrogen and oxygen atoms in total. The molecule has 0 aromatic heterocycles. The van der Waals surface area contributed by atoms with Gasteiger partial charge in [0, 0.05) is 12.1 Å². The molecule has 2 aromatic carbocycles. The number of ether oxygens (including phenoxy) is 2. The number of Topliss-reactive ketones (excluding diaryl/α,β-unsaturated/α-hetero) is 1. The maximum absolute atomic E-state index is 12.4. The van der Waals surface area contributed by atoms with E-state index in [0.29, 0.717) is 0 Å². The van der Waals surface area contributed by atoms with Crippen molar-refractivity contribution in [1.29, 1.82) is 0 Å². The number of hydrogen-bond acceptors (Lipinski definition) is 9. The van der Waals surface area contributed by atoms with Crippen LogP contribution >= 0.6 is 0 Å². The number of ketones is 1. The van der Waals surface area contributed by atoms with Crippen LogP contribution in [0.5, 0.6) is 28.7 Å². The maximum atomic E-state index is 12.4. The van der Waals surface area contributed by atoms with Crippen molar-refractivity contribution in [3.8, 4) is 28.7 Å². The lowest BCUT2D eigenvalue weighted by molar-refractivity contribution is 0.0210. The van der Waals surface area contributed by atoms with Crippen molar-refractivity contribution in [1.82, 2.24) is 0 Å². The fourth-order valence-corrected chi connectivity index (χ4v) is 3.07. The van der Waals surface area contributed by atoms with Crippen molar-refractivity contribution in [3.63, 3.8) is 0 Å². The van der Waals surface area contributed by atoms with Gasteiger partial charge in [-0.25, -0.2) is 0 Å². The van der Waals surface area contributed by atoms with Gasteiger partial charge in [-0.05, 0) is 17.7 Å². The zero-order valence-corrected chi connectivity index (χ0v) is 14.5. The predicted octanol–water partition coefficient (Wildman–Crippen LogP) is 0.965. The number of hydrogen-bond donors (Lipinski definition) is 4. The molecule has 11 heteroatoms. The molecule has 144 valence electrons. The van der Waals surface area contributed by atoms with Gasteiger partial charge in [-0.3, -0.25) is 9.35 Å². The summed E-state index contributed by atoms with van der Waals surface area (Å²) in [4.78, 5) is 12.4. The second kappa shape index (κ2) is 6.61. The SMILES string of the molecule is COc1cc(C2Oc3cc(O)cc(O)c3C(=O)C2O)ccc1OS(=O)(=O)O. The molecule has 0 spiro atoms. The fraction of sp³-hybridized carbons (Fsp3) is 0.188. The third-order valence-electron chi connectivity index (χ3n) is 3.83. The summed E-state index contributed by atoms with van der Waals surface area (Å²) in [7, 11) is -3.57. The summed E-state index contributed by atoms with van der Waals surface area (Å²) >= 11 is 0. The Morgan fingerprint density at radius 1 is 1.11 bits per heavy atom. The Bertz CT molecular complexity index is 1010. The van der Waals surface area contributed by atoms with Gasteiger partial charge in [-0.1, -0.05) is 6.07 Å². The standard InChI is InChI=1S/C16H14O10S/c1-24-11-4-7(2-3-10(11)26-27(21,22)23)16-15(20)14(19)13-9(18)5-8(17)6-12(13)25-16/h2-6,15-18,20H,1H3,(H,21,22,23). The van der Waals surface area contributed by atoms with Crippen molar-refractivity contribution in [2.24, 2.45) is 0 Å². The highest BCUT2D eigenvalue weighted by Crippen LogP contribution is 2.43. The minimum Gasteiger partial charge on any atom is -0.508 e. The minimum atomic E-state index is -4.79. The number of methoxy groups -OCH3 is 1. The van der Waals surface area contributed by atoms with Crippen LogP contribution < -0.4 is 13.7 Å². The van der Waals surface area contributed by atoms with Crippen molar-refractivity contribution < 1.29 is 46.7 Å². The first-order valence-electron chi connectivity index (χ1n) is 7.40. The lowest BCUT2D eigenvalue weighted by atomic mass is 9.92. The highest BCUT2D eigenvalue weighted by molar-refractivity contribution is 7.81. The first-order valence-corrected chi connectivity index (χ1v) is 8.77. The van der Waals surface area contributed by atoms with Crippen LogP contribution in [0.3, 0.4) is 0 Å². The average molecular weight is 398 g/mol. The molecule has 1 heterocycles. The van der Waals surface area contributed by atoms with E-state index in [-0.39, 0.29) is 34.1 Å². The van der Waals surface area contributed by atoms with E-state index in [9.17, 15) is 28.5 Å². The quantitative estimate of drug-likeness (QED) is 0.546. The number of aromatic hydroxyl groups is 2. The van der Waals surface area contributed by atoms with Gasteiger partial charge in [0.1, 0.15) is 22.8 Å². The highest BCUT2D eigenvalue weighted by Gasteiger charge is 2.39. The largest absolute Gasteiger partial charge is 0.508 e. The van der Waals surface area contributed by atoms with Crippen LogP contribution in [0.25, 0.3) is 0 Å². The lowest BCUT2D eigenvalue weighted by Gasteiger charge is -2.30. The summed E-state index contributed by atoms with van der Waals surface area (Å²) in [6, 6.07) is 5.72. The van der Waals surface area contributed by atoms with Crippen molar-refractivity contribution in [2.45, 2.75) is 12.2 Å². The molecule has 0 aliphatic carbocycles. The Morgan fingerprint density at radius 2 is 1.81 bits per heavy atom. The fourth-order valence-electron chi connectivity index (χ4n) is 2.71. The molecule has 1 aliphatic heterocycles. The topological polar surface area (TPSA) is 160 Å². The molecule has 0 fully saturated rings. The van der Waals surface area contributed by atoms with Gasteiger partial charge in [0.15, 0.2) is 23.7 Å². The van der Waals surface area contributed by atoms with E-state index in [1.807, 2.05) is 0 Å². The second-order valence-electron chi connectivity index (χ2n) is 5.61. The molecule has 27 heavy (non-hydrogen) atoms. The van der Waals surface area contributed by atoms with Crippen molar-refractivity contribution in [2.75, 3.05) is 7.11 Å². The number of aliphatic hydroxyl groups is 1. The van der Waals surface area contributed by atoms with Gasteiger partial charge in [0.05, 0.1) is 7.11 Å². The first-order chi connectivity index (χ1) is 12.6. The number of rotatable bonds is 4. The normalized spacial score (nSPS) is 19.1. The van der Waals surface area contributed by atoms with E-state index in [2.05, 4.69) is 4.18 Å². The summed E-state index contributed by atoms with van der Waals surface area (Å²) in [5.41, 5.74) is -0.0567. The average Bonchev–Trinajstić information content (AvgIpc) is 2.56. The molecule has 3 rings (SSSR count). The summed E-state index contributed by atoms with van der Waals surface area (Å²) in [6.07, 6.45) is -2.93. The second-order valence-corrected chi connectivity index (χ2v) is 6.63.